The molecule has 1 aromatic rings. The summed E-state index contributed by atoms with van der Waals surface area (Å²) in [5.41, 5.74) is -1.34. The van der Waals surface area contributed by atoms with Crippen molar-refractivity contribution in [3.8, 4) is 5.75 Å². The SMILES string of the molecule is CC(C)(C)OC(=O)N1CC(CCOc2ccc(Br)cc2C(F)(F)F)C1. The molecule has 0 spiro atoms. The van der Waals surface area contributed by atoms with E-state index in [4.69, 9.17) is 9.47 Å². The van der Waals surface area contributed by atoms with Gasteiger partial charge in [0.15, 0.2) is 0 Å². The van der Waals surface area contributed by atoms with Gasteiger partial charge in [-0.2, -0.15) is 13.2 Å². The van der Waals surface area contributed by atoms with Gasteiger partial charge in [0.1, 0.15) is 11.4 Å². The van der Waals surface area contributed by atoms with E-state index in [2.05, 4.69) is 15.9 Å². The molecular formula is C17H21BrF3NO3. The van der Waals surface area contributed by atoms with Crippen LogP contribution < -0.4 is 4.74 Å². The highest BCUT2D eigenvalue weighted by Crippen LogP contribution is 2.38. The first-order chi connectivity index (χ1) is 11.5. The Morgan fingerprint density at radius 2 is 1.92 bits per heavy atom. The van der Waals surface area contributed by atoms with Gasteiger partial charge >= 0.3 is 12.3 Å². The third-order valence-electron chi connectivity index (χ3n) is 3.64. The van der Waals surface area contributed by atoms with Crippen molar-refractivity contribution in [2.45, 2.75) is 39.0 Å². The van der Waals surface area contributed by atoms with Gasteiger partial charge in [0.25, 0.3) is 0 Å². The largest absolute Gasteiger partial charge is 0.493 e. The van der Waals surface area contributed by atoms with Crippen molar-refractivity contribution >= 4 is 22.0 Å². The minimum Gasteiger partial charge on any atom is -0.493 e. The van der Waals surface area contributed by atoms with Crippen molar-refractivity contribution in [2.75, 3.05) is 19.7 Å². The minimum atomic E-state index is -4.47. The lowest BCUT2D eigenvalue weighted by Crippen LogP contribution is -2.51. The normalized spacial score (nSPS) is 15.7. The number of nitrogens with zero attached hydrogens (tertiary/aromatic N) is 1. The zero-order valence-electron chi connectivity index (χ0n) is 14.3. The maximum atomic E-state index is 13.0. The van der Waals surface area contributed by atoms with Gasteiger partial charge in [0.2, 0.25) is 0 Å². The van der Waals surface area contributed by atoms with Crippen molar-refractivity contribution in [3.05, 3.63) is 28.2 Å². The number of benzene rings is 1. The summed E-state index contributed by atoms with van der Waals surface area (Å²) in [6, 6.07) is 3.82. The molecule has 0 N–H and O–H groups in total. The minimum absolute atomic E-state index is 0.164. The van der Waals surface area contributed by atoms with E-state index < -0.39 is 17.3 Å². The van der Waals surface area contributed by atoms with Crippen LogP contribution in [-0.4, -0.2) is 36.3 Å². The Hall–Kier alpha value is -1.44. The lowest BCUT2D eigenvalue weighted by Gasteiger charge is -2.39. The van der Waals surface area contributed by atoms with Gasteiger partial charge in [-0.3, -0.25) is 0 Å². The Bertz CT molecular complexity index is 623. The third-order valence-corrected chi connectivity index (χ3v) is 4.13. The number of ether oxygens (including phenoxy) is 2. The maximum Gasteiger partial charge on any atom is 0.420 e. The Labute approximate surface area is 153 Å². The molecule has 0 aliphatic carbocycles. The van der Waals surface area contributed by atoms with Crippen LogP contribution in [0.4, 0.5) is 18.0 Å². The number of halogens is 4. The second-order valence-electron chi connectivity index (χ2n) is 7.03. The van der Waals surface area contributed by atoms with E-state index in [0.29, 0.717) is 24.0 Å². The van der Waals surface area contributed by atoms with Gasteiger partial charge in [0.05, 0.1) is 12.2 Å². The van der Waals surface area contributed by atoms with Crippen molar-refractivity contribution in [1.29, 1.82) is 0 Å². The number of amides is 1. The molecule has 0 unspecified atom stereocenters. The zero-order valence-corrected chi connectivity index (χ0v) is 15.9. The van der Waals surface area contributed by atoms with Gasteiger partial charge in [-0.25, -0.2) is 4.79 Å². The fraction of sp³-hybridized carbons (Fsp3) is 0.588. The number of carbonyl (C=O) groups is 1. The van der Waals surface area contributed by atoms with E-state index in [0.717, 1.165) is 6.07 Å². The molecule has 0 bridgehead atoms. The van der Waals surface area contributed by atoms with Crippen LogP contribution in [0.1, 0.15) is 32.8 Å². The van der Waals surface area contributed by atoms with E-state index in [1.807, 2.05) is 0 Å². The summed E-state index contributed by atoms with van der Waals surface area (Å²) in [6.45, 7) is 6.62. The molecule has 25 heavy (non-hydrogen) atoms. The topological polar surface area (TPSA) is 38.8 Å². The van der Waals surface area contributed by atoms with Crippen LogP contribution in [0.2, 0.25) is 0 Å². The summed E-state index contributed by atoms with van der Waals surface area (Å²) in [5, 5.41) is 0. The Morgan fingerprint density at radius 3 is 2.48 bits per heavy atom. The van der Waals surface area contributed by atoms with Gasteiger partial charge in [-0.1, -0.05) is 15.9 Å². The molecule has 140 valence electrons. The van der Waals surface area contributed by atoms with Crippen LogP contribution in [0.15, 0.2) is 22.7 Å². The molecule has 1 saturated heterocycles. The molecule has 1 aromatic carbocycles. The van der Waals surface area contributed by atoms with Crippen LogP contribution in [-0.2, 0) is 10.9 Å². The van der Waals surface area contributed by atoms with Gasteiger partial charge in [0, 0.05) is 17.6 Å². The van der Waals surface area contributed by atoms with Crippen LogP contribution in [0.5, 0.6) is 5.75 Å². The number of likely N-dealkylation sites (tertiary alicyclic amines) is 1. The molecule has 1 heterocycles. The van der Waals surface area contributed by atoms with E-state index in [9.17, 15) is 18.0 Å². The number of carbonyl (C=O) groups excluding carboxylic acids is 1. The van der Waals surface area contributed by atoms with Crippen LogP contribution in [0, 0.1) is 5.92 Å². The molecule has 1 aliphatic heterocycles. The van der Waals surface area contributed by atoms with Crippen LogP contribution in [0.25, 0.3) is 0 Å². The monoisotopic (exact) mass is 423 g/mol. The van der Waals surface area contributed by atoms with Crippen LogP contribution >= 0.6 is 15.9 Å². The van der Waals surface area contributed by atoms with Crippen LogP contribution in [0.3, 0.4) is 0 Å². The Morgan fingerprint density at radius 1 is 1.28 bits per heavy atom. The summed E-state index contributed by atoms with van der Waals surface area (Å²) in [5.74, 6) is 0.0244. The number of rotatable bonds is 4. The van der Waals surface area contributed by atoms with E-state index in [1.54, 1.807) is 25.7 Å². The summed E-state index contributed by atoms with van der Waals surface area (Å²) in [6.07, 6.45) is -4.26. The molecular weight excluding hydrogens is 403 g/mol. The predicted molar refractivity (Wildman–Crippen MR) is 90.6 cm³/mol. The lowest BCUT2D eigenvalue weighted by atomic mass is 9.97. The molecule has 1 fully saturated rings. The number of hydrogen-bond donors (Lipinski definition) is 0. The van der Waals surface area contributed by atoms with Gasteiger partial charge < -0.3 is 14.4 Å². The molecule has 8 heteroatoms. The Balaban J connectivity index is 1.79. The highest BCUT2D eigenvalue weighted by Gasteiger charge is 2.36. The molecule has 4 nitrogen and oxygen atoms in total. The number of hydrogen-bond acceptors (Lipinski definition) is 3. The standard InChI is InChI=1S/C17H21BrF3NO3/c1-16(2,3)25-15(23)22-9-11(10-22)6-7-24-14-5-4-12(18)8-13(14)17(19,20)21/h4-5,8,11H,6-7,9-10H2,1-3H3. The smallest absolute Gasteiger partial charge is 0.420 e. The van der Waals surface area contributed by atoms with Crippen molar-refractivity contribution in [2.24, 2.45) is 5.92 Å². The average molecular weight is 424 g/mol. The first-order valence-corrected chi connectivity index (χ1v) is 8.72. The molecule has 0 aromatic heterocycles. The summed E-state index contributed by atoms with van der Waals surface area (Å²) >= 11 is 3.04. The van der Waals surface area contributed by atoms with Crippen molar-refractivity contribution < 1.29 is 27.4 Å². The quantitative estimate of drug-likeness (QED) is 0.675. The molecule has 0 saturated carbocycles. The van der Waals surface area contributed by atoms with Crippen molar-refractivity contribution in [1.82, 2.24) is 4.90 Å². The molecule has 1 aliphatic rings. The lowest BCUT2D eigenvalue weighted by molar-refractivity contribution is -0.139. The molecule has 0 radical (unpaired) electrons. The fourth-order valence-electron chi connectivity index (χ4n) is 2.41. The first kappa shape index (κ1) is 19.9. The van der Waals surface area contributed by atoms with E-state index in [-0.39, 0.29) is 24.4 Å². The highest BCUT2D eigenvalue weighted by atomic mass is 79.9. The maximum absolute atomic E-state index is 13.0. The second kappa shape index (κ2) is 7.43. The predicted octanol–water partition coefficient (Wildman–Crippen LogP) is 5.10. The van der Waals surface area contributed by atoms with E-state index in [1.165, 1.54) is 12.1 Å². The summed E-state index contributed by atoms with van der Waals surface area (Å²) in [4.78, 5) is 13.4. The summed E-state index contributed by atoms with van der Waals surface area (Å²) in [7, 11) is 0. The zero-order chi connectivity index (χ0) is 18.8. The summed E-state index contributed by atoms with van der Waals surface area (Å²) < 4.78 is 50.0. The average Bonchev–Trinajstić information content (AvgIpc) is 2.39. The van der Waals surface area contributed by atoms with Gasteiger partial charge in [-0.15, -0.1) is 0 Å². The highest BCUT2D eigenvalue weighted by molar-refractivity contribution is 9.10. The molecule has 0 atom stereocenters. The van der Waals surface area contributed by atoms with E-state index >= 15 is 0 Å². The molecule has 2 rings (SSSR count). The second-order valence-corrected chi connectivity index (χ2v) is 7.94. The van der Waals surface area contributed by atoms with Crippen molar-refractivity contribution in [3.63, 3.8) is 0 Å². The van der Waals surface area contributed by atoms with Gasteiger partial charge in [-0.05, 0) is 51.3 Å². The molecule has 1 amide bonds. The first-order valence-electron chi connectivity index (χ1n) is 7.93. The fourth-order valence-corrected chi connectivity index (χ4v) is 2.77. The Kier molecular flexibility index (Phi) is 5.91. The number of alkyl halides is 3. The third kappa shape index (κ3) is 5.80.